The summed E-state index contributed by atoms with van der Waals surface area (Å²) < 4.78 is 40.7. The SMILES string of the molecule is C=CCn1c(SCC(=O)Nc2cccc(C(F)(F)F)c2)nc2c(c1=O)C1(CCCCC1)Cc1ccccc1-2. The summed E-state index contributed by atoms with van der Waals surface area (Å²) in [6, 6.07) is 12.5. The van der Waals surface area contributed by atoms with Gasteiger partial charge in [-0.05, 0) is 43.0 Å². The van der Waals surface area contributed by atoms with Gasteiger partial charge in [-0.2, -0.15) is 13.2 Å². The number of carbonyl (C=O) groups excluding carboxylic acids is 1. The van der Waals surface area contributed by atoms with Crippen molar-refractivity contribution in [3.63, 3.8) is 0 Å². The van der Waals surface area contributed by atoms with Gasteiger partial charge in [-0.1, -0.05) is 67.4 Å². The first kappa shape index (κ1) is 26.3. The first-order chi connectivity index (χ1) is 18.2. The Bertz CT molecular complexity index is 1440. The number of amides is 1. The van der Waals surface area contributed by atoms with Crippen molar-refractivity contribution in [2.24, 2.45) is 0 Å². The van der Waals surface area contributed by atoms with Crippen LogP contribution in [0.25, 0.3) is 11.3 Å². The summed E-state index contributed by atoms with van der Waals surface area (Å²) in [4.78, 5) is 31.7. The molecule has 0 bridgehead atoms. The van der Waals surface area contributed by atoms with E-state index < -0.39 is 17.6 Å². The predicted octanol–water partition coefficient (Wildman–Crippen LogP) is 6.60. The molecule has 1 amide bonds. The van der Waals surface area contributed by atoms with Crippen molar-refractivity contribution in [1.29, 1.82) is 0 Å². The van der Waals surface area contributed by atoms with Gasteiger partial charge in [0.05, 0.1) is 22.6 Å². The minimum Gasteiger partial charge on any atom is -0.325 e. The Kier molecular flexibility index (Phi) is 7.22. The second-order valence-corrected chi connectivity index (χ2v) is 10.9. The third-order valence-electron chi connectivity index (χ3n) is 7.39. The van der Waals surface area contributed by atoms with Gasteiger partial charge < -0.3 is 5.32 Å². The van der Waals surface area contributed by atoms with Crippen LogP contribution in [0.3, 0.4) is 0 Å². The van der Waals surface area contributed by atoms with Crippen molar-refractivity contribution in [2.45, 2.75) is 61.8 Å². The van der Waals surface area contributed by atoms with Crippen LogP contribution in [0.5, 0.6) is 0 Å². The highest BCUT2D eigenvalue weighted by Gasteiger charge is 2.43. The van der Waals surface area contributed by atoms with Crippen molar-refractivity contribution in [3.05, 3.63) is 88.2 Å². The number of benzene rings is 2. The van der Waals surface area contributed by atoms with Crippen molar-refractivity contribution in [2.75, 3.05) is 11.1 Å². The van der Waals surface area contributed by atoms with Gasteiger partial charge in [-0.15, -0.1) is 6.58 Å². The lowest BCUT2D eigenvalue weighted by molar-refractivity contribution is -0.137. The molecule has 2 aromatic carbocycles. The van der Waals surface area contributed by atoms with Gasteiger partial charge in [-0.3, -0.25) is 14.2 Å². The molecular formula is C29H28F3N3O2S. The van der Waals surface area contributed by atoms with Gasteiger partial charge in [0.25, 0.3) is 5.56 Å². The summed E-state index contributed by atoms with van der Waals surface area (Å²) in [6.45, 7) is 4.05. The fourth-order valence-corrected chi connectivity index (χ4v) is 6.52. The number of nitrogens with one attached hydrogen (secondary N) is 1. The second-order valence-electron chi connectivity index (χ2n) is 9.91. The highest BCUT2D eigenvalue weighted by Crippen LogP contribution is 2.48. The van der Waals surface area contributed by atoms with Crippen LogP contribution in [0.4, 0.5) is 18.9 Å². The number of hydrogen-bond donors (Lipinski definition) is 1. The number of rotatable bonds is 6. The molecule has 38 heavy (non-hydrogen) atoms. The molecule has 5 nitrogen and oxygen atoms in total. The molecular weight excluding hydrogens is 511 g/mol. The van der Waals surface area contributed by atoms with Crippen molar-refractivity contribution >= 4 is 23.4 Å². The Hall–Kier alpha value is -3.33. The third kappa shape index (κ3) is 5.04. The smallest absolute Gasteiger partial charge is 0.325 e. The summed E-state index contributed by atoms with van der Waals surface area (Å²) in [5.41, 5.74) is 2.42. The molecule has 1 spiro atoms. The molecule has 198 valence electrons. The number of alkyl halides is 3. The molecule has 5 rings (SSSR count). The molecule has 2 aliphatic rings. The monoisotopic (exact) mass is 539 g/mol. The lowest BCUT2D eigenvalue weighted by atomic mass is 9.62. The van der Waals surface area contributed by atoms with E-state index in [9.17, 15) is 22.8 Å². The molecule has 0 saturated heterocycles. The molecule has 0 radical (unpaired) electrons. The second kappa shape index (κ2) is 10.4. The number of thioether (sulfide) groups is 1. The van der Waals surface area contributed by atoms with Crippen LogP contribution >= 0.6 is 11.8 Å². The van der Waals surface area contributed by atoms with E-state index in [1.165, 1.54) is 17.7 Å². The van der Waals surface area contributed by atoms with E-state index in [0.29, 0.717) is 10.9 Å². The van der Waals surface area contributed by atoms with Crippen LogP contribution in [0.1, 0.15) is 48.8 Å². The van der Waals surface area contributed by atoms with E-state index in [-0.39, 0.29) is 29.0 Å². The molecule has 1 aromatic heterocycles. The minimum atomic E-state index is -4.50. The predicted molar refractivity (Wildman–Crippen MR) is 143 cm³/mol. The van der Waals surface area contributed by atoms with Crippen molar-refractivity contribution < 1.29 is 18.0 Å². The molecule has 1 N–H and O–H groups in total. The summed E-state index contributed by atoms with van der Waals surface area (Å²) in [5.74, 6) is -0.610. The average Bonchev–Trinajstić information content (AvgIpc) is 2.89. The van der Waals surface area contributed by atoms with Gasteiger partial charge in [0.2, 0.25) is 5.91 Å². The zero-order valence-corrected chi connectivity index (χ0v) is 21.6. The number of anilines is 1. The minimum absolute atomic E-state index is 0.0560. The van der Waals surface area contributed by atoms with E-state index in [0.717, 1.165) is 73.5 Å². The average molecular weight is 540 g/mol. The molecule has 2 aliphatic carbocycles. The standard InChI is InChI=1S/C29H28F3N3O2S/c1-2-15-35-26(37)24-25(22-12-5-4-9-19(22)17-28(24)13-6-3-7-14-28)34-27(35)38-18-23(36)33-21-11-8-10-20(16-21)29(30,31)32/h2,4-5,8-12,16H,1,3,6-7,13-15,17-18H2,(H,33,36). The Balaban J connectivity index is 1.48. The fraction of sp³-hybridized carbons (Fsp3) is 0.345. The van der Waals surface area contributed by atoms with Gasteiger partial charge in [-0.25, -0.2) is 4.98 Å². The Labute approximate surface area is 223 Å². The largest absolute Gasteiger partial charge is 0.416 e. The number of aromatic nitrogens is 2. The number of nitrogens with zero attached hydrogens (tertiary/aromatic N) is 2. The lowest BCUT2D eigenvalue weighted by Gasteiger charge is -2.42. The van der Waals surface area contributed by atoms with E-state index in [1.54, 1.807) is 10.6 Å². The van der Waals surface area contributed by atoms with Crippen molar-refractivity contribution in [1.82, 2.24) is 9.55 Å². The van der Waals surface area contributed by atoms with Crippen LogP contribution < -0.4 is 10.9 Å². The van der Waals surface area contributed by atoms with E-state index >= 15 is 0 Å². The van der Waals surface area contributed by atoms with Gasteiger partial charge in [0.15, 0.2) is 5.16 Å². The zero-order chi connectivity index (χ0) is 26.9. The molecule has 0 aliphatic heterocycles. The van der Waals surface area contributed by atoms with E-state index in [2.05, 4.69) is 18.0 Å². The Morgan fingerprint density at radius 2 is 1.89 bits per heavy atom. The maximum absolute atomic E-state index is 14.0. The summed E-state index contributed by atoms with van der Waals surface area (Å²) in [6.07, 6.45) is 3.09. The molecule has 1 fully saturated rings. The molecule has 1 heterocycles. The fourth-order valence-electron chi connectivity index (χ4n) is 5.72. The molecule has 1 saturated carbocycles. The molecule has 0 unspecified atom stereocenters. The zero-order valence-electron chi connectivity index (χ0n) is 20.8. The van der Waals surface area contributed by atoms with Gasteiger partial charge in [0, 0.05) is 23.2 Å². The number of allylic oxidation sites excluding steroid dienone is 1. The number of fused-ring (bicyclic) bond motifs is 4. The third-order valence-corrected chi connectivity index (χ3v) is 8.37. The van der Waals surface area contributed by atoms with Crippen molar-refractivity contribution in [3.8, 4) is 11.3 Å². The summed E-state index contributed by atoms with van der Waals surface area (Å²) in [7, 11) is 0. The number of carbonyl (C=O) groups is 1. The molecule has 0 atom stereocenters. The Morgan fingerprint density at radius 1 is 1.13 bits per heavy atom. The maximum atomic E-state index is 14.0. The lowest BCUT2D eigenvalue weighted by Crippen LogP contribution is -2.43. The van der Waals surface area contributed by atoms with E-state index in [4.69, 9.17) is 4.98 Å². The first-order valence-corrected chi connectivity index (χ1v) is 13.6. The number of halogens is 3. The van der Waals surface area contributed by atoms with Crippen LogP contribution in [-0.2, 0) is 29.4 Å². The molecule has 3 aromatic rings. The van der Waals surface area contributed by atoms with Crippen LogP contribution in [0, 0.1) is 0 Å². The first-order valence-electron chi connectivity index (χ1n) is 12.7. The van der Waals surface area contributed by atoms with Crippen LogP contribution in [0.15, 0.2) is 71.1 Å². The highest BCUT2D eigenvalue weighted by atomic mass is 32.2. The van der Waals surface area contributed by atoms with E-state index in [1.807, 2.05) is 18.2 Å². The quantitative estimate of drug-likeness (QED) is 0.218. The van der Waals surface area contributed by atoms with Gasteiger partial charge >= 0.3 is 6.18 Å². The summed E-state index contributed by atoms with van der Waals surface area (Å²) >= 11 is 1.09. The highest BCUT2D eigenvalue weighted by molar-refractivity contribution is 7.99. The maximum Gasteiger partial charge on any atom is 0.416 e. The van der Waals surface area contributed by atoms with Crippen LogP contribution in [-0.4, -0.2) is 21.2 Å². The Morgan fingerprint density at radius 3 is 2.63 bits per heavy atom. The van der Waals surface area contributed by atoms with Crippen LogP contribution in [0.2, 0.25) is 0 Å². The molecule has 9 heteroatoms. The normalized spacial score (nSPS) is 16.0. The van der Waals surface area contributed by atoms with Gasteiger partial charge in [0.1, 0.15) is 0 Å². The topological polar surface area (TPSA) is 64.0 Å². The summed E-state index contributed by atoms with van der Waals surface area (Å²) in [5, 5.41) is 2.90. The number of hydrogen-bond acceptors (Lipinski definition) is 4.